The third kappa shape index (κ3) is 4.22. The van der Waals surface area contributed by atoms with E-state index in [0.29, 0.717) is 42.4 Å². The Hall–Kier alpha value is -3.49. The van der Waals surface area contributed by atoms with Crippen molar-refractivity contribution in [3.8, 4) is 16.3 Å². The molecule has 3 heterocycles. The highest BCUT2D eigenvalue weighted by molar-refractivity contribution is 7.17. The number of piperazine rings is 1. The fourth-order valence-electron chi connectivity index (χ4n) is 3.99. The zero-order chi connectivity index (χ0) is 23.7. The third-order valence-corrected chi connectivity index (χ3v) is 7.37. The van der Waals surface area contributed by atoms with Gasteiger partial charge in [0.1, 0.15) is 14.9 Å². The molecule has 0 radical (unpaired) electrons. The van der Waals surface area contributed by atoms with Crippen LogP contribution < -0.4 is 10.5 Å². The maximum atomic E-state index is 13.2. The van der Waals surface area contributed by atoms with Crippen LogP contribution in [0.5, 0.6) is 0 Å². The number of hydrogen-bond acceptors (Lipinski definition) is 6. The number of benzene rings is 2. The Morgan fingerprint density at radius 3 is 2.29 bits per heavy atom. The second-order valence-corrected chi connectivity index (χ2v) is 9.35. The summed E-state index contributed by atoms with van der Waals surface area (Å²) < 4.78 is 1.29. The molecule has 0 atom stereocenters. The van der Waals surface area contributed by atoms with Crippen LogP contribution in [0.15, 0.2) is 71.7 Å². The van der Waals surface area contributed by atoms with Gasteiger partial charge in [0, 0.05) is 31.7 Å². The zero-order valence-corrected chi connectivity index (χ0v) is 20.1. The van der Waals surface area contributed by atoms with Crippen molar-refractivity contribution in [2.24, 2.45) is 0 Å². The molecule has 2 aromatic heterocycles. The Morgan fingerprint density at radius 1 is 0.971 bits per heavy atom. The Balaban J connectivity index is 1.30. The van der Waals surface area contributed by atoms with Gasteiger partial charge in [-0.25, -0.2) is 4.98 Å². The van der Waals surface area contributed by atoms with E-state index in [2.05, 4.69) is 10.1 Å². The van der Waals surface area contributed by atoms with Crippen molar-refractivity contribution >= 4 is 34.5 Å². The van der Waals surface area contributed by atoms with E-state index in [-0.39, 0.29) is 16.5 Å². The van der Waals surface area contributed by atoms with Gasteiger partial charge in [-0.15, -0.1) is 11.3 Å². The molecule has 1 saturated heterocycles. The van der Waals surface area contributed by atoms with E-state index < -0.39 is 0 Å². The first-order valence-electron chi connectivity index (χ1n) is 10.9. The van der Waals surface area contributed by atoms with Crippen molar-refractivity contribution in [2.45, 2.75) is 6.92 Å². The molecule has 0 spiro atoms. The van der Waals surface area contributed by atoms with Crippen molar-refractivity contribution in [3.63, 3.8) is 0 Å². The van der Waals surface area contributed by atoms with Crippen molar-refractivity contribution in [1.29, 1.82) is 0 Å². The normalized spacial score (nSPS) is 13.8. The van der Waals surface area contributed by atoms with E-state index in [0.717, 1.165) is 16.3 Å². The fraction of sp³-hybridized carbons (Fsp3) is 0.200. The van der Waals surface area contributed by atoms with E-state index >= 15 is 0 Å². The Labute approximate surface area is 205 Å². The van der Waals surface area contributed by atoms with E-state index in [4.69, 9.17) is 11.6 Å². The molecule has 9 heteroatoms. The molecule has 2 aromatic carbocycles. The summed E-state index contributed by atoms with van der Waals surface area (Å²) in [5, 5.41) is 5.29. The molecule has 172 valence electrons. The minimum absolute atomic E-state index is 0.0134. The number of carbonyl (C=O) groups is 1. The molecule has 0 saturated carbocycles. The smallest absolute Gasteiger partial charge is 0.292 e. The summed E-state index contributed by atoms with van der Waals surface area (Å²) in [6.45, 7) is 4.04. The van der Waals surface area contributed by atoms with Crippen LogP contribution >= 0.6 is 22.9 Å². The number of halogens is 1. The first-order chi connectivity index (χ1) is 16.5. The number of thiazole rings is 1. The zero-order valence-electron chi connectivity index (χ0n) is 18.5. The van der Waals surface area contributed by atoms with Crippen LogP contribution in [0, 0.1) is 6.92 Å². The second-order valence-electron chi connectivity index (χ2n) is 7.98. The lowest BCUT2D eigenvalue weighted by molar-refractivity contribution is 0.0750. The molecule has 0 aliphatic carbocycles. The first kappa shape index (κ1) is 22.3. The van der Waals surface area contributed by atoms with Crippen LogP contribution in [-0.4, -0.2) is 51.8 Å². The van der Waals surface area contributed by atoms with Gasteiger partial charge in [0.25, 0.3) is 11.5 Å². The summed E-state index contributed by atoms with van der Waals surface area (Å²) in [6.07, 6.45) is 1.62. The fourth-order valence-corrected chi connectivity index (χ4v) is 5.28. The lowest BCUT2D eigenvalue weighted by Gasteiger charge is -2.36. The minimum atomic E-state index is -0.363. The van der Waals surface area contributed by atoms with Crippen LogP contribution in [0.3, 0.4) is 0 Å². The number of carbonyl (C=O) groups excluding carboxylic acids is 1. The quantitative estimate of drug-likeness (QED) is 0.426. The van der Waals surface area contributed by atoms with Crippen molar-refractivity contribution in [2.75, 3.05) is 31.1 Å². The number of anilines is 1. The number of nitrogens with zero attached hydrogens (tertiary/aromatic N) is 5. The lowest BCUT2D eigenvalue weighted by atomic mass is 10.2. The average Bonchev–Trinajstić information content (AvgIpc) is 3.28. The third-order valence-electron chi connectivity index (χ3n) is 5.82. The maximum absolute atomic E-state index is 13.2. The van der Waals surface area contributed by atoms with Gasteiger partial charge >= 0.3 is 0 Å². The number of hydrogen-bond donors (Lipinski definition) is 0. The van der Waals surface area contributed by atoms with E-state index in [1.807, 2.05) is 65.3 Å². The van der Waals surface area contributed by atoms with E-state index in [9.17, 15) is 9.59 Å². The Morgan fingerprint density at radius 2 is 1.62 bits per heavy atom. The molecule has 0 N–H and O–H groups in total. The van der Waals surface area contributed by atoms with Crippen LogP contribution in [-0.2, 0) is 0 Å². The summed E-state index contributed by atoms with van der Waals surface area (Å²) in [6, 6.07) is 19.0. The van der Waals surface area contributed by atoms with E-state index in [1.54, 1.807) is 18.3 Å². The number of aryl methyl sites for hydroxylation is 1. The van der Waals surface area contributed by atoms with Gasteiger partial charge in [0.2, 0.25) is 0 Å². The molecule has 1 aliphatic heterocycles. The highest BCUT2D eigenvalue weighted by Gasteiger charge is 2.27. The molecular formula is C25H22ClN5O2S. The van der Waals surface area contributed by atoms with Crippen LogP contribution in [0.2, 0.25) is 5.02 Å². The summed E-state index contributed by atoms with van der Waals surface area (Å²) >= 11 is 7.88. The topological polar surface area (TPSA) is 71.3 Å². The molecule has 4 aromatic rings. The molecule has 5 rings (SSSR count). The largest absolute Gasteiger partial charge is 0.365 e. The predicted octanol–water partition coefficient (Wildman–Crippen LogP) is 4.28. The summed E-state index contributed by atoms with van der Waals surface area (Å²) in [5.41, 5.74) is 2.63. The highest BCUT2D eigenvalue weighted by Crippen LogP contribution is 2.29. The molecule has 1 fully saturated rings. The van der Waals surface area contributed by atoms with Crippen molar-refractivity contribution in [1.82, 2.24) is 19.7 Å². The van der Waals surface area contributed by atoms with Gasteiger partial charge in [0.15, 0.2) is 0 Å². The lowest BCUT2D eigenvalue weighted by Crippen LogP contribution is -2.49. The first-order valence-corrected chi connectivity index (χ1v) is 12.1. The van der Waals surface area contributed by atoms with Gasteiger partial charge in [-0.2, -0.15) is 9.78 Å². The van der Waals surface area contributed by atoms with Crippen LogP contribution in [0.1, 0.15) is 15.4 Å². The number of para-hydroxylation sites is 1. The van der Waals surface area contributed by atoms with Crippen LogP contribution in [0.25, 0.3) is 16.3 Å². The second kappa shape index (κ2) is 9.40. The molecule has 7 nitrogen and oxygen atoms in total. The SMILES string of the molecule is Cc1nc(-c2ccccc2)sc1C(=O)N1CCN(c2cnn(-c3ccccc3)c(=O)c2Cl)CC1. The Kier molecular flexibility index (Phi) is 6.17. The minimum Gasteiger partial charge on any atom is -0.365 e. The maximum Gasteiger partial charge on any atom is 0.292 e. The van der Waals surface area contributed by atoms with Gasteiger partial charge < -0.3 is 9.80 Å². The molecule has 1 aliphatic rings. The average molecular weight is 492 g/mol. The number of amides is 1. The van der Waals surface area contributed by atoms with E-state index in [1.165, 1.54) is 16.0 Å². The van der Waals surface area contributed by atoms with Gasteiger partial charge in [-0.1, -0.05) is 60.1 Å². The Bertz CT molecular complexity index is 1380. The highest BCUT2D eigenvalue weighted by atomic mass is 35.5. The predicted molar refractivity (Wildman–Crippen MR) is 135 cm³/mol. The monoisotopic (exact) mass is 491 g/mol. The summed E-state index contributed by atoms with van der Waals surface area (Å²) in [5.74, 6) is -0.0134. The molecule has 1 amide bonds. The van der Waals surface area contributed by atoms with Crippen LogP contribution in [0.4, 0.5) is 5.69 Å². The van der Waals surface area contributed by atoms with Crippen molar-refractivity contribution in [3.05, 3.63) is 92.8 Å². The van der Waals surface area contributed by atoms with Gasteiger partial charge in [-0.3, -0.25) is 9.59 Å². The molecule has 34 heavy (non-hydrogen) atoms. The summed E-state index contributed by atoms with van der Waals surface area (Å²) in [4.78, 5) is 35.1. The molecular weight excluding hydrogens is 470 g/mol. The standard InChI is InChI=1S/C25H22ClN5O2S/c1-17-22(34-23(28-17)18-8-4-2-5-9-18)25(33)30-14-12-29(13-15-30)20-16-27-31(24(32)21(20)26)19-10-6-3-7-11-19/h2-11,16H,12-15H2,1H3. The number of rotatable bonds is 4. The van der Waals surface area contributed by atoms with Crippen molar-refractivity contribution < 1.29 is 4.79 Å². The van der Waals surface area contributed by atoms with Gasteiger partial charge in [-0.05, 0) is 19.1 Å². The molecule has 0 bridgehead atoms. The summed E-state index contributed by atoms with van der Waals surface area (Å²) in [7, 11) is 0. The van der Waals surface area contributed by atoms with Gasteiger partial charge in [0.05, 0.1) is 23.3 Å². The number of aromatic nitrogens is 3. The molecule has 0 unspecified atom stereocenters.